The van der Waals surface area contributed by atoms with E-state index in [4.69, 9.17) is 8.94 Å². The van der Waals surface area contributed by atoms with Crippen LogP contribution in [0.5, 0.6) is 0 Å². The van der Waals surface area contributed by atoms with Crippen LogP contribution >= 0.6 is 0 Å². The standard InChI is InChI=1S/C9H13N5O2/c1-2-10-6-8-13-14-9(15-8)11-5-7-3-4-12-16-7/h3-4,10H,2,5-6H2,1H3,(H,11,14). The van der Waals surface area contributed by atoms with Gasteiger partial charge in [-0.15, -0.1) is 5.10 Å². The van der Waals surface area contributed by atoms with Gasteiger partial charge in [0.15, 0.2) is 5.76 Å². The highest BCUT2D eigenvalue weighted by atomic mass is 16.5. The first-order chi connectivity index (χ1) is 7.88. The number of hydrogen-bond acceptors (Lipinski definition) is 7. The molecule has 0 aliphatic carbocycles. The fourth-order valence-electron chi connectivity index (χ4n) is 1.12. The predicted molar refractivity (Wildman–Crippen MR) is 55.5 cm³/mol. The van der Waals surface area contributed by atoms with E-state index in [1.54, 1.807) is 12.3 Å². The van der Waals surface area contributed by atoms with E-state index in [1.165, 1.54) is 0 Å². The van der Waals surface area contributed by atoms with Gasteiger partial charge in [0.2, 0.25) is 5.89 Å². The lowest BCUT2D eigenvalue weighted by Crippen LogP contribution is -2.11. The average Bonchev–Trinajstić information content (AvgIpc) is 2.95. The van der Waals surface area contributed by atoms with Crippen molar-refractivity contribution in [2.75, 3.05) is 11.9 Å². The summed E-state index contributed by atoms with van der Waals surface area (Å²) in [5, 5.41) is 17.3. The minimum absolute atomic E-state index is 0.379. The van der Waals surface area contributed by atoms with Crippen molar-refractivity contribution in [2.24, 2.45) is 0 Å². The van der Waals surface area contributed by atoms with Crippen LogP contribution in [0.4, 0.5) is 6.01 Å². The van der Waals surface area contributed by atoms with Crippen LogP contribution in [-0.2, 0) is 13.1 Å². The molecule has 0 aromatic carbocycles. The Kier molecular flexibility index (Phi) is 3.50. The van der Waals surface area contributed by atoms with Crippen molar-refractivity contribution in [1.82, 2.24) is 20.7 Å². The highest BCUT2D eigenvalue weighted by Crippen LogP contribution is 2.07. The Labute approximate surface area is 92.2 Å². The molecule has 0 bridgehead atoms. The summed E-state index contributed by atoms with van der Waals surface area (Å²) in [6, 6.07) is 2.15. The molecule has 2 rings (SSSR count). The number of nitrogens with one attached hydrogen (secondary N) is 2. The molecule has 0 amide bonds. The normalized spacial score (nSPS) is 10.6. The molecule has 2 N–H and O–H groups in total. The van der Waals surface area contributed by atoms with E-state index in [0.717, 1.165) is 6.54 Å². The van der Waals surface area contributed by atoms with Crippen molar-refractivity contribution < 1.29 is 8.94 Å². The van der Waals surface area contributed by atoms with Gasteiger partial charge in [0, 0.05) is 6.07 Å². The molecule has 0 saturated heterocycles. The summed E-state index contributed by atoms with van der Waals surface area (Å²) in [6.07, 6.45) is 1.58. The molecule has 2 aromatic heterocycles. The second-order valence-corrected chi connectivity index (χ2v) is 3.11. The molecule has 0 saturated carbocycles. The Morgan fingerprint density at radius 3 is 3.00 bits per heavy atom. The molecule has 0 aliphatic heterocycles. The number of rotatable bonds is 6. The maximum absolute atomic E-state index is 5.33. The Hall–Kier alpha value is -1.89. The average molecular weight is 223 g/mol. The van der Waals surface area contributed by atoms with Crippen LogP contribution in [-0.4, -0.2) is 21.9 Å². The van der Waals surface area contributed by atoms with Crippen molar-refractivity contribution in [2.45, 2.75) is 20.0 Å². The fraction of sp³-hybridized carbons (Fsp3) is 0.444. The van der Waals surface area contributed by atoms with Gasteiger partial charge in [-0.05, 0) is 6.54 Å². The Morgan fingerprint density at radius 1 is 1.31 bits per heavy atom. The molecule has 0 fully saturated rings. The van der Waals surface area contributed by atoms with Crippen LogP contribution in [0.2, 0.25) is 0 Å². The second-order valence-electron chi connectivity index (χ2n) is 3.11. The fourth-order valence-corrected chi connectivity index (χ4v) is 1.12. The van der Waals surface area contributed by atoms with E-state index in [9.17, 15) is 0 Å². The zero-order chi connectivity index (χ0) is 11.2. The molecule has 0 aliphatic rings. The van der Waals surface area contributed by atoms with Crippen LogP contribution in [0.3, 0.4) is 0 Å². The quantitative estimate of drug-likeness (QED) is 0.747. The Bertz CT molecular complexity index is 411. The molecule has 2 aromatic rings. The van der Waals surface area contributed by atoms with Crippen molar-refractivity contribution in [3.05, 3.63) is 23.9 Å². The third-order valence-corrected chi connectivity index (χ3v) is 1.90. The largest absolute Gasteiger partial charge is 0.407 e. The molecular formula is C9H13N5O2. The van der Waals surface area contributed by atoms with Gasteiger partial charge < -0.3 is 19.6 Å². The molecule has 0 atom stereocenters. The van der Waals surface area contributed by atoms with Gasteiger partial charge in [0.25, 0.3) is 0 Å². The van der Waals surface area contributed by atoms with Crippen LogP contribution < -0.4 is 10.6 Å². The molecule has 86 valence electrons. The van der Waals surface area contributed by atoms with Crippen LogP contribution in [0, 0.1) is 0 Å². The smallest absolute Gasteiger partial charge is 0.315 e. The maximum atomic E-state index is 5.33. The highest BCUT2D eigenvalue weighted by Gasteiger charge is 2.05. The van der Waals surface area contributed by atoms with E-state index in [-0.39, 0.29) is 0 Å². The second kappa shape index (κ2) is 5.26. The molecule has 7 heteroatoms. The minimum Gasteiger partial charge on any atom is -0.407 e. The summed E-state index contributed by atoms with van der Waals surface area (Å²) in [4.78, 5) is 0. The lowest BCUT2D eigenvalue weighted by atomic mass is 10.5. The Morgan fingerprint density at radius 2 is 2.25 bits per heavy atom. The summed E-state index contributed by atoms with van der Waals surface area (Å²) in [7, 11) is 0. The Balaban J connectivity index is 1.83. The van der Waals surface area contributed by atoms with Crippen molar-refractivity contribution in [3.8, 4) is 0 Å². The molecule has 0 spiro atoms. The molecule has 7 nitrogen and oxygen atoms in total. The van der Waals surface area contributed by atoms with E-state index >= 15 is 0 Å². The number of nitrogens with zero attached hydrogens (tertiary/aromatic N) is 3. The minimum atomic E-state index is 0.379. The maximum Gasteiger partial charge on any atom is 0.315 e. The van der Waals surface area contributed by atoms with Gasteiger partial charge in [0.05, 0.1) is 19.3 Å². The van der Waals surface area contributed by atoms with Crippen molar-refractivity contribution >= 4 is 6.01 Å². The van der Waals surface area contributed by atoms with Crippen molar-refractivity contribution in [1.29, 1.82) is 0 Å². The third kappa shape index (κ3) is 2.80. The molecule has 16 heavy (non-hydrogen) atoms. The van der Waals surface area contributed by atoms with E-state index in [0.29, 0.717) is 30.8 Å². The first-order valence-electron chi connectivity index (χ1n) is 5.05. The van der Waals surface area contributed by atoms with Gasteiger partial charge in [0.1, 0.15) is 0 Å². The van der Waals surface area contributed by atoms with Gasteiger partial charge >= 0.3 is 6.01 Å². The molecular weight excluding hydrogens is 210 g/mol. The summed E-state index contributed by atoms with van der Waals surface area (Å²) < 4.78 is 10.2. The molecule has 0 unspecified atom stereocenters. The molecule has 0 radical (unpaired) electrons. The van der Waals surface area contributed by atoms with Crippen LogP contribution in [0.15, 0.2) is 21.2 Å². The predicted octanol–water partition coefficient (Wildman–Crippen LogP) is 0.779. The zero-order valence-corrected chi connectivity index (χ0v) is 8.93. The topological polar surface area (TPSA) is 89.0 Å². The van der Waals surface area contributed by atoms with E-state index in [2.05, 4.69) is 26.0 Å². The SMILES string of the molecule is CCNCc1nnc(NCc2ccno2)o1. The summed E-state index contributed by atoms with van der Waals surface area (Å²) >= 11 is 0. The summed E-state index contributed by atoms with van der Waals surface area (Å²) in [5.41, 5.74) is 0. The lowest BCUT2D eigenvalue weighted by Gasteiger charge is -1.96. The summed E-state index contributed by atoms with van der Waals surface area (Å²) in [5.74, 6) is 1.27. The molecule has 2 heterocycles. The van der Waals surface area contributed by atoms with E-state index < -0.39 is 0 Å². The van der Waals surface area contributed by atoms with E-state index in [1.807, 2.05) is 6.92 Å². The first-order valence-corrected chi connectivity index (χ1v) is 5.05. The zero-order valence-electron chi connectivity index (χ0n) is 8.93. The van der Waals surface area contributed by atoms with Gasteiger partial charge in [-0.25, -0.2) is 0 Å². The van der Waals surface area contributed by atoms with Gasteiger partial charge in [-0.1, -0.05) is 17.2 Å². The summed E-state index contributed by atoms with van der Waals surface area (Å²) in [6.45, 7) is 3.93. The monoisotopic (exact) mass is 223 g/mol. The number of anilines is 1. The van der Waals surface area contributed by atoms with Crippen LogP contribution in [0.25, 0.3) is 0 Å². The van der Waals surface area contributed by atoms with Crippen molar-refractivity contribution in [3.63, 3.8) is 0 Å². The first kappa shape index (κ1) is 10.6. The number of aromatic nitrogens is 3. The highest BCUT2D eigenvalue weighted by molar-refractivity contribution is 5.18. The van der Waals surface area contributed by atoms with Gasteiger partial charge in [-0.2, -0.15) is 0 Å². The third-order valence-electron chi connectivity index (χ3n) is 1.90. The number of hydrogen-bond donors (Lipinski definition) is 2. The van der Waals surface area contributed by atoms with Crippen LogP contribution in [0.1, 0.15) is 18.6 Å². The lowest BCUT2D eigenvalue weighted by molar-refractivity contribution is 0.386. The van der Waals surface area contributed by atoms with Gasteiger partial charge in [-0.3, -0.25) is 0 Å².